The van der Waals surface area contributed by atoms with Crippen molar-refractivity contribution in [2.45, 2.75) is 63.8 Å². The molecule has 0 atom stereocenters. The van der Waals surface area contributed by atoms with Crippen LogP contribution in [0, 0.1) is 5.41 Å². The molecule has 48 heavy (non-hydrogen) atoms. The van der Waals surface area contributed by atoms with Crippen LogP contribution in [0.5, 0.6) is 11.6 Å². The Morgan fingerprint density at radius 3 is 2.27 bits per heavy atom. The smallest absolute Gasteiger partial charge is 0.309 e. The summed E-state index contributed by atoms with van der Waals surface area (Å²) in [4.78, 5) is 27.1. The molecular weight excluding hydrogens is 621 g/mol. The Morgan fingerprint density at radius 1 is 0.875 bits per heavy atom. The summed E-state index contributed by atoms with van der Waals surface area (Å²) in [7, 11) is 1.61. The van der Waals surface area contributed by atoms with Crippen molar-refractivity contribution < 1.29 is 19.4 Å². The van der Waals surface area contributed by atoms with Gasteiger partial charge in [-0.25, -0.2) is 9.97 Å². The number of carboxylic acids is 1. The van der Waals surface area contributed by atoms with Crippen molar-refractivity contribution in [1.82, 2.24) is 19.5 Å². The molecule has 6 rings (SSSR count). The number of rotatable bonds is 11. The quantitative estimate of drug-likeness (QED) is 0.138. The fourth-order valence-electron chi connectivity index (χ4n) is 5.60. The normalized spacial score (nSPS) is 12.0. The maximum atomic E-state index is 12.4. The van der Waals surface area contributed by atoms with Crippen LogP contribution in [-0.4, -0.2) is 42.5 Å². The zero-order valence-electron chi connectivity index (χ0n) is 28.2. The van der Waals surface area contributed by atoms with Gasteiger partial charge >= 0.3 is 5.97 Å². The van der Waals surface area contributed by atoms with Crippen molar-refractivity contribution in [3.05, 3.63) is 108 Å². The first-order valence-electron chi connectivity index (χ1n) is 15.9. The van der Waals surface area contributed by atoms with Crippen molar-refractivity contribution in [3.8, 4) is 22.8 Å². The molecule has 0 bridgehead atoms. The Labute approximate surface area is 285 Å². The van der Waals surface area contributed by atoms with E-state index >= 15 is 0 Å². The van der Waals surface area contributed by atoms with Gasteiger partial charge < -0.3 is 19.1 Å². The number of carboxylic acid groups (broad SMARTS) is 1. The molecule has 0 aliphatic carbocycles. The van der Waals surface area contributed by atoms with Crippen LogP contribution < -0.4 is 9.47 Å². The molecule has 8 nitrogen and oxygen atoms in total. The van der Waals surface area contributed by atoms with E-state index < -0.39 is 11.4 Å². The van der Waals surface area contributed by atoms with Crippen LogP contribution in [0.1, 0.15) is 51.6 Å². The maximum absolute atomic E-state index is 12.4. The number of fused-ring (bicyclic) bond motifs is 2. The molecule has 0 saturated carbocycles. The van der Waals surface area contributed by atoms with E-state index in [1.54, 1.807) is 38.9 Å². The molecule has 0 aliphatic heterocycles. The van der Waals surface area contributed by atoms with Gasteiger partial charge in [-0.15, -0.1) is 11.8 Å². The summed E-state index contributed by atoms with van der Waals surface area (Å²) in [6.45, 7) is 11.0. The number of aromatic nitrogens is 4. The summed E-state index contributed by atoms with van der Waals surface area (Å²) < 4.78 is 13.6. The SMILES string of the molecule is COc1ccc(-c2ccc(Cn3c(CC(C)(C)C(=O)O)c(SC(C)(C)C)c4cc(OCc5cnc6ccccc6n5)ccc43)cc2)cn1. The van der Waals surface area contributed by atoms with Crippen molar-refractivity contribution >= 4 is 39.7 Å². The Hall–Kier alpha value is -4.89. The second-order valence-electron chi connectivity index (χ2n) is 13.5. The average molecular weight is 661 g/mol. The fraction of sp³-hybridized carbons (Fsp3) is 0.282. The Bertz CT molecular complexity index is 2080. The molecule has 9 heteroatoms. The van der Waals surface area contributed by atoms with Gasteiger partial charge in [-0.3, -0.25) is 9.78 Å². The second-order valence-corrected chi connectivity index (χ2v) is 15.4. The predicted octanol–water partition coefficient (Wildman–Crippen LogP) is 8.83. The monoisotopic (exact) mass is 660 g/mol. The molecule has 0 unspecified atom stereocenters. The molecule has 0 radical (unpaired) electrons. The molecule has 0 amide bonds. The lowest BCUT2D eigenvalue weighted by Crippen LogP contribution is -2.28. The van der Waals surface area contributed by atoms with Crippen LogP contribution in [-0.2, 0) is 24.4 Å². The second kappa shape index (κ2) is 13.3. The minimum absolute atomic E-state index is 0.118. The number of aliphatic carboxylic acids is 1. The van der Waals surface area contributed by atoms with E-state index in [0.29, 0.717) is 24.6 Å². The highest BCUT2D eigenvalue weighted by Crippen LogP contribution is 2.44. The first kappa shape index (κ1) is 33.0. The molecule has 6 aromatic rings. The fourth-order valence-corrected chi connectivity index (χ4v) is 6.78. The van der Waals surface area contributed by atoms with E-state index in [2.05, 4.69) is 71.7 Å². The third-order valence-corrected chi connectivity index (χ3v) is 9.42. The van der Waals surface area contributed by atoms with E-state index in [9.17, 15) is 9.90 Å². The van der Waals surface area contributed by atoms with E-state index in [4.69, 9.17) is 14.5 Å². The minimum Gasteiger partial charge on any atom is -0.487 e. The highest BCUT2D eigenvalue weighted by atomic mass is 32.2. The largest absolute Gasteiger partial charge is 0.487 e. The molecule has 0 aliphatic rings. The highest BCUT2D eigenvalue weighted by Gasteiger charge is 2.33. The van der Waals surface area contributed by atoms with Gasteiger partial charge in [0.25, 0.3) is 0 Å². The van der Waals surface area contributed by atoms with Crippen LogP contribution in [0.15, 0.2) is 96.2 Å². The van der Waals surface area contributed by atoms with E-state index in [0.717, 1.165) is 54.9 Å². The molecule has 246 valence electrons. The minimum atomic E-state index is -0.974. The topological polar surface area (TPSA) is 99.4 Å². The number of ether oxygens (including phenoxy) is 2. The number of thioether (sulfide) groups is 1. The van der Waals surface area contributed by atoms with E-state index in [-0.39, 0.29) is 11.4 Å². The zero-order chi connectivity index (χ0) is 34.1. The third kappa shape index (κ3) is 7.31. The summed E-state index contributed by atoms with van der Waals surface area (Å²) in [5.41, 5.74) is 6.63. The summed E-state index contributed by atoms with van der Waals surface area (Å²) >= 11 is 1.76. The standard InChI is InChI=1S/C39H40N4O4S/c1-38(2,3)48-36-30-19-29(47-24-28-22-40-31-9-7-8-10-32(31)42-28)16-17-33(30)43(34(36)20-39(4,5)37(44)45)23-25-11-13-26(14-12-25)27-15-18-35(46-6)41-21-27/h7-19,21-22H,20,23-24H2,1-6H3,(H,44,45). The maximum Gasteiger partial charge on any atom is 0.309 e. The highest BCUT2D eigenvalue weighted by molar-refractivity contribution is 8.00. The molecule has 3 aromatic heterocycles. The van der Waals surface area contributed by atoms with Crippen molar-refractivity contribution in [1.29, 1.82) is 0 Å². The third-order valence-electron chi connectivity index (χ3n) is 8.15. The van der Waals surface area contributed by atoms with Gasteiger partial charge in [0.05, 0.1) is 35.4 Å². The van der Waals surface area contributed by atoms with E-state index in [1.807, 2.05) is 48.7 Å². The Kier molecular flexibility index (Phi) is 9.16. The van der Waals surface area contributed by atoms with Crippen LogP contribution in [0.2, 0.25) is 0 Å². The molecule has 0 saturated heterocycles. The van der Waals surface area contributed by atoms with Crippen LogP contribution in [0.25, 0.3) is 33.1 Å². The molecule has 3 aromatic carbocycles. The summed E-state index contributed by atoms with van der Waals surface area (Å²) in [5.74, 6) is 0.461. The van der Waals surface area contributed by atoms with Gasteiger partial charge in [0, 0.05) is 57.0 Å². The van der Waals surface area contributed by atoms with Crippen LogP contribution in [0.4, 0.5) is 0 Å². The van der Waals surface area contributed by atoms with Gasteiger partial charge in [0.1, 0.15) is 12.4 Å². The van der Waals surface area contributed by atoms with Crippen molar-refractivity contribution in [3.63, 3.8) is 0 Å². The number of hydrogen-bond donors (Lipinski definition) is 1. The molecule has 0 spiro atoms. The summed E-state index contributed by atoms with van der Waals surface area (Å²) in [5, 5.41) is 11.2. The first-order valence-corrected chi connectivity index (χ1v) is 16.7. The van der Waals surface area contributed by atoms with Gasteiger partial charge in [-0.1, -0.05) is 57.2 Å². The molecule has 3 heterocycles. The van der Waals surface area contributed by atoms with Gasteiger partial charge in [-0.2, -0.15) is 0 Å². The van der Waals surface area contributed by atoms with E-state index in [1.165, 1.54) is 0 Å². The van der Waals surface area contributed by atoms with Gasteiger partial charge in [-0.05, 0) is 61.4 Å². The summed E-state index contributed by atoms with van der Waals surface area (Å²) in [6, 6.07) is 26.2. The number of benzene rings is 3. The molecular formula is C39H40N4O4S. The van der Waals surface area contributed by atoms with Gasteiger partial charge in [0.2, 0.25) is 5.88 Å². The number of nitrogens with zero attached hydrogens (tertiary/aromatic N) is 4. The van der Waals surface area contributed by atoms with Crippen molar-refractivity contribution in [2.75, 3.05) is 7.11 Å². The number of carbonyl (C=O) groups is 1. The van der Waals surface area contributed by atoms with Crippen molar-refractivity contribution in [2.24, 2.45) is 5.41 Å². The predicted molar refractivity (Wildman–Crippen MR) is 192 cm³/mol. The zero-order valence-corrected chi connectivity index (χ0v) is 29.0. The molecule has 1 N–H and O–H groups in total. The van der Waals surface area contributed by atoms with Crippen LogP contribution >= 0.6 is 11.8 Å². The average Bonchev–Trinajstić information content (AvgIpc) is 3.33. The number of methoxy groups -OCH3 is 1. The lowest BCUT2D eigenvalue weighted by molar-refractivity contribution is -0.146. The number of hydrogen-bond acceptors (Lipinski definition) is 7. The number of para-hydroxylation sites is 2. The van der Waals surface area contributed by atoms with Crippen LogP contribution in [0.3, 0.4) is 0 Å². The lowest BCUT2D eigenvalue weighted by atomic mass is 9.88. The summed E-state index contributed by atoms with van der Waals surface area (Å²) in [6.07, 6.45) is 3.93. The van der Waals surface area contributed by atoms with Gasteiger partial charge in [0.15, 0.2) is 0 Å². The lowest BCUT2D eigenvalue weighted by Gasteiger charge is -2.24. The molecule has 0 fully saturated rings. The number of pyridine rings is 1. The Morgan fingerprint density at radius 2 is 1.60 bits per heavy atom. The Balaban J connectivity index is 1.38. The first-order chi connectivity index (χ1) is 22.9.